The topological polar surface area (TPSA) is 76.0 Å². The van der Waals surface area contributed by atoms with Crippen molar-refractivity contribution in [3.8, 4) is 23.0 Å². The molecule has 2 heterocycles. The number of halogens is 4. The summed E-state index contributed by atoms with van der Waals surface area (Å²) in [7, 11) is 0. The molecular formula is C20H8Cl4O5. The van der Waals surface area contributed by atoms with Gasteiger partial charge in [0.15, 0.2) is 22.8 Å². The second-order valence-electron chi connectivity index (χ2n) is 6.49. The van der Waals surface area contributed by atoms with Gasteiger partial charge in [-0.15, -0.1) is 0 Å². The van der Waals surface area contributed by atoms with Gasteiger partial charge < -0.3 is 19.7 Å². The van der Waals surface area contributed by atoms with Crippen molar-refractivity contribution in [2.24, 2.45) is 0 Å². The maximum Gasteiger partial charge on any atom is 0.340 e. The van der Waals surface area contributed by atoms with Gasteiger partial charge in [-0.25, -0.2) is 4.79 Å². The lowest BCUT2D eigenvalue weighted by atomic mass is 9.77. The average Bonchev–Trinajstić information content (AvgIpc) is 3.01. The maximum absolute atomic E-state index is 12.8. The summed E-state index contributed by atoms with van der Waals surface area (Å²) in [5.74, 6) is -1.40. The predicted octanol–water partition coefficient (Wildman–Crippen LogP) is 6.28. The van der Waals surface area contributed by atoms with Crippen LogP contribution in [0.5, 0.6) is 23.0 Å². The van der Waals surface area contributed by atoms with E-state index in [2.05, 4.69) is 0 Å². The lowest BCUT2D eigenvalue weighted by Gasteiger charge is -2.38. The van der Waals surface area contributed by atoms with Crippen LogP contribution in [0.3, 0.4) is 0 Å². The van der Waals surface area contributed by atoms with Crippen LogP contribution in [0.2, 0.25) is 20.1 Å². The Kier molecular flexibility index (Phi) is 3.93. The largest absolute Gasteiger partial charge is 0.506 e. The Bertz CT molecular complexity index is 1260. The van der Waals surface area contributed by atoms with Crippen molar-refractivity contribution in [1.82, 2.24) is 0 Å². The third-order valence-electron chi connectivity index (χ3n) is 5.04. The summed E-state index contributed by atoms with van der Waals surface area (Å²) in [4.78, 5) is 12.8. The van der Waals surface area contributed by atoms with Gasteiger partial charge in [0.25, 0.3) is 0 Å². The molecule has 0 radical (unpaired) electrons. The van der Waals surface area contributed by atoms with Crippen LogP contribution in [-0.4, -0.2) is 16.2 Å². The molecule has 1 spiro atoms. The Labute approximate surface area is 183 Å². The molecule has 0 bridgehead atoms. The first-order valence-corrected chi connectivity index (χ1v) is 9.72. The lowest BCUT2D eigenvalue weighted by Crippen LogP contribution is -2.33. The molecule has 2 aliphatic heterocycles. The Morgan fingerprint density at radius 1 is 0.793 bits per heavy atom. The number of esters is 1. The smallest absolute Gasteiger partial charge is 0.340 e. The summed E-state index contributed by atoms with van der Waals surface area (Å²) < 4.78 is 11.8. The number of fused-ring (bicyclic) bond motifs is 6. The van der Waals surface area contributed by atoms with Gasteiger partial charge in [-0.2, -0.15) is 0 Å². The highest BCUT2D eigenvalue weighted by atomic mass is 35.5. The number of hydrogen-bond donors (Lipinski definition) is 2. The molecule has 1 atom stereocenters. The second kappa shape index (κ2) is 6.09. The van der Waals surface area contributed by atoms with Crippen LogP contribution in [-0.2, 0) is 10.3 Å². The highest BCUT2D eigenvalue weighted by Gasteiger charge is 2.56. The van der Waals surface area contributed by atoms with E-state index in [0.717, 1.165) is 0 Å². The lowest BCUT2D eigenvalue weighted by molar-refractivity contribution is 0.0224. The average molecular weight is 470 g/mol. The van der Waals surface area contributed by atoms with E-state index in [-0.39, 0.29) is 42.9 Å². The molecule has 3 aromatic carbocycles. The Hall–Kier alpha value is -2.31. The molecule has 1 unspecified atom stereocenters. The first kappa shape index (κ1) is 18.7. The molecule has 0 amide bonds. The summed E-state index contributed by atoms with van der Waals surface area (Å²) in [5, 5.41) is 19.7. The number of carbonyl (C=O) groups is 1. The molecule has 2 aliphatic rings. The van der Waals surface area contributed by atoms with Gasteiger partial charge in [-0.05, 0) is 18.2 Å². The molecule has 0 saturated carbocycles. The summed E-state index contributed by atoms with van der Waals surface area (Å²) >= 11 is 25.3. The Balaban J connectivity index is 2.01. The fraction of sp³-hybridized carbons (Fsp3) is 0.0500. The molecule has 5 rings (SSSR count). The van der Waals surface area contributed by atoms with E-state index in [9.17, 15) is 15.0 Å². The van der Waals surface area contributed by atoms with Gasteiger partial charge in [-0.3, -0.25) is 0 Å². The zero-order valence-corrected chi connectivity index (χ0v) is 17.1. The van der Waals surface area contributed by atoms with E-state index in [1.165, 1.54) is 12.1 Å². The number of aromatic hydroxyl groups is 2. The summed E-state index contributed by atoms with van der Waals surface area (Å²) in [6.07, 6.45) is 0. The fourth-order valence-electron chi connectivity index (χ4n) is 3.80. The fourth-order valence-corrected chi connectivity index (χ4v) is 4.78. The van der Waals surface area contributed by atoms with Crippen LogP contribution in [0.25, 0.3) is 0 Å². The van der Waals surface area contributed by atoms with E-state index < -0.39 is 17.3 Å². The van der Waals surface area contributed by atoms with Gasteiger partial charge in [0, 0.05) is 11.1 Å². The number of benzene rings is 3. The van der Waals surface area contributed by atoms with Crippen molar-refractivity contribution >= 4 is 52.4 Å². The highest BCUT2D eigenvalue weighted by molar-refractivity contribution is 6.46. The molecule has 29 heavy (non-hydrogen) atoms. The quantitative estimate of drug-likeness (QED) is 0.299. The third-order valence-corrected chi connectivity index (χ3v) is 6.60. The van der Waals surface area contributed by atoms with Crippen LogP contribution >= 0.6 is 46.4 Å². The molecule has 2 N–H and O–H groups in total. The second-order valence-corrected chi connectivity index (χ2v) is 8.00. The minimum atomic E-state index is -1.59. The van der Waals surface area contributed by atoms with Crippen LogP contribution in [0.4, 0.5) is 0 Å². The molecule has 0 aromatic heterocycles. The van der Waals surface area contributed by atoms with E-state index in [1.54, 1.807) is 24.3 Å². The number of phenols is 2. The molecule has 0 aliphatic carbocycles. The standard InChI is InChI=1S/C20H8Cl4O5/c21-12-10(25)6-5-9-17(12)28-18-11(13(22)14(23)16(26)15(18)24)20(9)8-4-2-1-3-7(8)19(27)29-20/h1-6,25-26H. The zero-order valence-electron chi connectivity index (χ0n) is 14.1. The molecule has 5 nitrogen and oxygen atoms in total. The van der Waals surface area contributed by atoms with Gasteiger partial charge in [0.2, 0.25) is 0 Å². The van der Waals surface area contributed by atoms with E-state index >= 15 is 0 Å². The number of carbonyl (C=O) groups excluding carboxylic acids is 1. The van der Waals surface area contributed by atoms with Crippen LogP contribution in [0.1, 0.15) is 27.0 Å². The van der Waals surface area contributed by atoms with Crippen LogP contribution in [0, 0.1) is 0 Å². The number of phenolic OH excluding ortho intramolecular Hbond substituents is 2. The maximum atomic E-state index is 12.8. The third kappa shape index (κ3) is 2.21. The van der Waals surface area contributed by atoms with Gasteiger partial charge in [-0.1, -0.05) is 64.6 Å². The number of hydrogen-bond acceptors (Lipinski definition) is 5. The van der Waals surface area contributed by atoms with Gasteiger partial charge in [0.05, 0.1) is 16.1 Å². The molecule has 9 heteroatoms. The van der Waals surface area contributed by atoms with Crippen LogP contribution < -0.4 is 4.74 Å². The van der Waals surface area contributed by atoms with Crippen molar-refractivity contribution < 1.29 is 24.5 Å². The zero-order chi connectivity index (χ0) is 20.7. The van der Waals surface area contributed by atoms with Gasteiger partial charge >= 0.3 is 5.97 Å². The summed E-state index contributed by atoms with van der Waals surface area (Å²) in [6.45, 7) is 0. The van der Waals surface area contributed by atoms with Crippen molar-refractivity contribution in [1.29, 1.82) is 0 Å². The number of rotatable bonds is 0. The van der Waals surface area contributed by atoms with Crippen molar-refractivity contribution in [2.45, 2.75) is 5.60 Å². The van der Waals surface area contributed by atoms with E-state index in [4.69, 9.17) is 55.9 Å². The van der Waals surface area contributed by atoms with Crippen molar-refractivity contribution in [3.05, 3.63) is 78.7 Å². The van der Waals surface area contributed by atoms with Crippen LogP contribution in [0.15, 0.2) is 36.4 Å². The molecule has 0 saturated heterocycles. The number of ether oxygens (including phenoxy) is 2. The summed E-state index contributed by atoms with van der Waals surface area (Å²) in [6, 6.07) is 9.61. The minimum Gasteiger partial charge on any atom is -0.506 e. The Morgan fingerprint density at radius 2 is 1.52 bits per heavy atom. The SMILES string of the molecule is O=C1OC2(c3ccccc31)c1ccc(O)c(Cl)c1Oc1c(Cl)c(O)c(Cl)c(Cl)c12. The van der Waals surface area contributed by atoms with E-state index in [0.29, 0.717) is 16.7 Å². The molecule has 3 aromatic rings. The predicted molar refractivity (Wildman–Crippen MR) is 108 cm³/mol. The highest BCUT2D eigenvalue weighted by Crippen LogP contribution is 2.63. The summed E-state index contributed by atoms with van der Waals surface area (Å²) in [5.41, 5.74) is -0.332. The first-order chi connectivity index (χ1) is 13.8. The Morgan fingerprint density at radius 3 is 2.28 bits per heavy atom. The molecule has 146 valence electrons. The monoisotopic (exact) mass is 468 g/mol. The molecular weight excluding hydrogens is 462 g/mol. The van der Waals surface area contributed by atoms with Crippen molar-refractivity contribution in [2.75, 3.05) is 0 Å². The first-order valence-electron chi connectivity index (χ1n) is 8.21. The molecule has 0 fully saturated rings. The minimum absolute atomic E-state index is 0.0170. The van der Waals surface area contributed by atoms with Crippen molar-refractivity contribution in [3.63, 3.8) is 0 Å². The normalized spacial score (nSPS) is 18.7. The van der Waals surface area contributed by atoms with E-state index in [1.807, 2.05) is 0 Å². The van der Waals surface area contributed by atoms with Gasteiger partial charge in [0.1, 0.15) is 20.8 Å².